The van der Waals surface area contributed by atoms with E-state index in [0.29, 0.717) is 25.2 Å². The first-order valence-electron chi connectivity index (χ1n) is 14.2. The average Bonchev–Trinajstić information content (AvgIpc) is 3.34. The first-order chi connectivity index (χ1) is 19.6. The minimum absolute atomic E-state index is 0.219. The summed E-state index contributed by atoms with van der Waals surface area (Å²) in [6, 6.07) is 20.8. The van der Waals surface area contributed by atoms with Crippen LogP contribution in [0.4, 0.5) is 0 Å². The molecule has 1 aliphatic rings. The number of hydrogen-bond donors (Lipinski definition) is 1. The molecule has 1 N–H and O–H groups in total. The van der Waals surface area contributed by atoms with Crippen LogP contribution >= 0.6 is 0 Å². The van der Waals surface area contributed by atoms with Crippen LogP contribution in [0.5, 0.6) is 0 Å². The molecule has 222 valence electrons. The van der Waals surface area contributed by atoms with Crippen LogP contribution in [0.2, 0.25) is 5.04 Å². The molecule has 1 aliphatic heterocycles. The Balaban J connectivity index is 1.72. The van der Waals surface area contributed by atoms with Crippen LogP contribution in [-0.4, -0.2) is 56.4 Å². The molecule has 0 saturated carbocycles. The van der Waals surface area contributed by atoms with Gasteiger partial charge in [0.2, 0.25) is 0 Å². The third kappa shape index (κ3) is 6.80. The SMILES string of the molecule is CCOC(OCC)OC1C[C@H](n2cc(C)c(=O)[nH]c2=O)O[C@@H]1CO[Si](c1ccccc1)(c1ccccc1)C(C)(C)C. The van der Waals surface area contributed by atoms with Crippen molar-refractivity contribution in [1.82, 2.24) is 9.55 Å². The Labute approximate surface area is 242 Å². The van der Waals surface area contributed by atoms with E-state index in [-0.39, 0.29) is 11.6 Å². The average molecular weight is 583 g/mol. The number of H-pyrrole nitrogens is 1. The highest BCUT2D eigenvalue weighted by molar-refractivity contribution is 6.99. The van der Waals surface area contributed by atoms with E-state index in [1.165, 1.54) is 10.8 Å². The number of ether oxygens (including phenoxy) is 4. The molecule has 1 unspecified atom stereocenters. The lowest BCUT2D eigenvalue weighted by molar-refractivity contribution is -0.305. The summed E-state index contributed by atoms with van der Waals surface area (Å²) in [4.78, 5) is 27.1. The molecule has 2 heterocycles. The molecular formula is C31H42N2O7Si. The van der Waals surface area contributed by atoms with E-state index in [9.17, 15) is 9.59 Å². The van der Waals surface area contributed by atoms with Gasteiger partial charge in [-0.05, 0) is 36.2 Å². The fraction of sp³-hybridized carbons (Fsp3) is 0.484. The van der Waals surface area contributed by atoms with E-state index in [1.807, 2.05) is 50.2 Å². The Bertz CT molecular complexity index is 1330. The van der Waals surface area contributed by atoms with E-state index in [0.717, 1.165) is 10.4 Å². The summed E-state index contributed by atoms with van der Waals surface area (Å²) in [7, 11) is -2.86. The molecule has 1 fully saturated rings. The zero-order valence-electron chi connectivity index (χ0n) is 24.8. The number of nitrogens with one attached hydrogen (secondary N) is 1. The lowest BCUT2D eigenvalue weighted by Crippen LogP contribution is -2.67. The van der Waals surface area contributed by atoms with E-state index < -0.39 is 44.5 Å². The van der Waals surface area contributed by atoms with E-state index >= 15 is 0 Å². The molecular weight excluding hydrogens is 540 g/mol. The van der Waals surface area contributed by atoms with Crippen LogP contribution in [0.3, 0.4) is 0 Å². The maximum atomic E-state index is 12.8. The highest BCUT2D eigenvalue weighted by Crippen LogP contribution is 2.38. The lowest BCUT2D eigenvalue weighted by atomic mass is 10.2. The largest absolute Gasteiger partial charge is 0.405 e. The van der Waals surface area contributed by atoms with Gasteiger partial charge in [0, 0.05) is 31.4 Å². The third-order valence-electron chi connectivity index (χ3n) is 7.41. The molecule has 0 spiro atoms. The summed E-state index contributed by atoms with van der Waals surface area (Å²) in [5.74, 6) is 0. The fourth-order valence-electron chi connectivity index (χ4n) is 5.47. The van der Waals surface area contributed by atoms with Gasteiger partial charge in [0.25, 0.3) is 20.4 Å². The van der Waals surface area contributed by atoms with Crippen molar-refractivity contribution < 1.29 is 23.4 Å². The van der Waals surface area contributed by atoms with Crippen molar-refractivity contribution in [1.29, 1.82) is 0 Å². The summed E-state index contributed by atoms with van der Waals surface area (Å²) in [5.41, 5.74) is -0.542. The first kappa shape index (κ1) is 31.1. The Morgan fingerprint density at radius 2 is 1.54 bits per heavy atom. The number of aromatic amines is 1. The van der Waals surface area contributed by atoms with Crippen molar-refractivity contribution in [3.8, 4) is 0 Å². The Morgan fingerprint density at radius 1 is 0.976 bits per heavy atom. The predicted molar refractivity (Wildman–Crippen MR) is 160 cm³/mol. The molecule has 1 saturated heterocycles. The molecule has 41 heavy (non-hydrogen) atoms. The van der Waals surface area contributed by atoms with Gasteiger partial charge in [-0.3, -0.25) is 14.3 Å². The highest BCUT2D eigenvalue weighted by atomic mass is 28.4. The van der Waals surface area contributed by atoms with Crippen LogP contribution in [0, 0.1) is 6.92 Å². The van der Waals surface area contributed by atoms with E-state index in [1.54, 1.807) is 6.92 Å². The molecule has 4 rings (SSSR count). The smallest absolute Gasteiger partial charge is 0.330 e. The molecule has 10 heteroatoms. The number of aryl methyl sites for hydroxylation is 1. The van der Waals surface area contributed by atoms with Crippen molar-refractivity contribution in [2.24, 2.45) is 0 Å². The van der Waals surface area contributed by atoms with Crippen molar-refractivity contribution in [2.75, 3.05) is 19.8 Å². The minimum Gasteiger partial charge on any atom is -0.405 e. The molecule has 0 aliphatic carbocycles. The van der Waals surface area contributed by atoms with Gasteiger partial charge in [0.15, 0.2) is 0 Å². The van der Waals surface area contributed by atoms with Crippen molar-refractivity contribution >= 4 is 18.7 Å². The topological polar surface area (TPSA) is 101 Å². The van der Waals surface area contributed by atoms with Crippen LogP contribution in [0.1, 0.15) is 52.8 Å². The third-order valence-corrected chi connectivity index (χ3v) is 12.4. The van der Waals surface area contributed by atoms with Crippen LogP contribution < -0.4 is 21.6 Å². The number of hydrogen-bond acceptors (Lipinski definition) is 7. The van der Waals surface area contributed by atoms with Gasteiger partial charge in [0.1, 0.15) is 12.3 Å². The second-order valence-electron chi connectivity index (χ2n) is 11.2. The molecule has 2 aromatic carbocycles. The normalized spacial score (nSPS) is 19.6. The standard InChI is InChI=1S/C31H42N2O7Si/c1-7-36-30(37-8-2)40-25-19-27(33-20-22(3)28(34)32-29(33)35)39-26(25)21-38-41(31(4,5)6,23-15-11-9-12-16-23)24-17-13-10-14-18-24/h9-18,20,25-27,30H,7-8,19,21H2,1-6H3,(H,32,34,35)/t25?,26-,27-/m1/s1. The summed E-state index contributed by atoms with van der Waals surface area (Å²) in [6.45, 7) is 12.2. The second-order valence-corrected chi connectivity index (χ2v) is 15.5. The zero-order valence-corrected chi connectivity index (χ0v) is 25.8. The van der Waals surface area contributed by atoms with E-state index in [2.05, 4.69) is 50.0 Å². The molecule has 3 aromatic rings. The molecule has 9 nitrogen and oxygen atoms in total. The van der Waals surface area contributed by atoms with Crippen molar-refractivity contribution in [3.05, 3.63) is 93.3 Å². The molecule has 0 bridgehead atoms. The highest BCUT2D eigenvalue weighted by Gasteiger charge is 2.51. The monoisotopic (exact) mass is 582 g/mol. The maximum Gasteiger partial charge on any atom is 0.330 e. The Hall–Kier alpha value is -2.86. The molecule has 0 radical (unpaired) electrons. The van der Waals surface area contributed by atoms with Gasteiger partial charge in [-0.2, -0.15) is 0 Å². The minimum atomic E-state index is -2.86. The Kier molecular flexibility index (Phi) is 10.2. The van der Waals surface area contributed by atoms with Crippen molar-refractivity contribution in [2.45, 2.75) is 77.9 Å². The number of benzene rings is 2. The van der Waals surface area contributed by atoms with Crippen molar-refractivity contribution in [3.63, 3.8) is 0 Å². The summed E-state index contributed by atoms with van der Waals surface area (Å²) >= 11 is 0. The van der Waals surface area contributed by atoms with E-state index in [4.69, 9.17) is 23.4 Å². The molecule has 3 atom stereocenters. The lowest BCUT2D eigenvalue weighted by Gasteiger charge is -2.43. The van der Waals surface area contributed by atoms with Gasteiger partial charge in [0.05, 0.1) is 12.7 Å². The molecule has 0 amide bonds. The number of aromatic nitrogens is 2. The van der Waals surface area contributed by atoms with Gasteiger partial charge in [-0.1, -0.05) is 81.4 Å². The van der Waals surface area contributed by atoms with Gasteiger partial charge < -0.3 is 23.4 Å². The zero-order chi connectivity index (χ0) is 29.6. The first-order valence-corrected chi connectivity index (χ1v) is 16.1. The van der Waals surface area contributed by atoms with Gasteiger partial charge in [-0.25, -0.2) is 4.79 Å². The summed E-state index contributed by atoms with van der Waals surface area (Å²) in [5, 5.41) is 2.08. The number of nitrogens with zero attached hydrogens (tertiary/aromatic N) is 1. The molecule has 1 aromatic heterocycles. The Morgan fingerprint density at radius 3 is 2.05 bits per heavy atom. The fourth-order valence-corrected chi connectivity index (χ4v) is 10.0. The number of rotatable bonds is 12. The predicted octanol–water partition coefficient (Wildman–Crippen LogP) is 3.45. The van der Waals surface area contributed by atoms with Crippen LogP contribution in [-0.2, 0) is 23.4 Å². The van der Waals surface area contributed by atoms with Gasteiger partial charge in [-0.15, -0.1) is 0 Å². The van der Waals surface area contributed by atoms with Crippen LogP contribution in [0.15, 0.2) is 76.4 Å². The summed E-state index contributed by atoms with van der Waals surface area (Å²) < 4.78 is 32.7. The quantitative estimate of drug-likeness (QED) is 0.258. The van der Waals surface area contributed by atoms with Gasteiger partial charge >= 0.3 is 5.69 Å². The van der Waals surface area contributed by atoms with Crippen LogP contribution in [0.25, 0.3) is 0 Å². The maximum absolute atomic E-state index is 12.8. The second kappa shape index (κ2) is 13.4. The summed E-state index contributed by atoms with van der Waals surface area (Å²) in [6.07, 6.45) is 0.164.